The van der Waals surface area contributed by atoms with Crippen LogP contribution in [-0.4, -0.2) is 12.3 Å². The van der Waals surface area contributed by atoms with Gasteiger partial charge in [0.2, 0.25) is 5.78 Å². The molecule has 3 rings (SSSR count). The molecule has 0 saturated heterocycles. The molecule has 1 N–H and O–H groups in total. The Morgan fingerprint density at radius 2 is 1.61 bits per heavy atom. The summed E-state index contributed by atoms with van der Waals surface area (Å²) < 4.78 is 0. The Balaban J connectivity index is 1.62. The van der Waals surface area contributed by atoms with Gasteiger partial charge in [0.25, 0.3) is 0 Å². The predicted molar refractivity (Wildman–Crippen MR) is 96.0 cm³/mol. The summed E-state index contributed by atoms with van der Waals surface area (Å²) in [7, 11) is 0. The van der Waals surface area contributed by atoms with Crippen LogP contribution in [0, 0.1) is 11.8 Å². The molecule has 0 unspecified atom stereocenters. The third-order valence-corrected chi connectivity index (χ3v) is 4.23. The summed E-state index contributed by atoms with van der Waals surface area (Å²) in [5, 5.41) is 3.23. The monoisotopic (exact) mass is 317 g/mol. The fourth-order valence-corrected chi connectivity index (χ4v) is 2.94. The first-order valence-electron chi connectivity index (χ1n) is 7.30. The van der Waals surface area contributed by atoms with Crippen LogP contribution in [0.1, 0.15) is 20.1 Å². The molecule has 0 spiro atoms. The van der Waals surface area contributed by atoms with Gasteiger partial charge in [-0.15, -0.1) is 11.3 Å². The highest BCUT2D eigenvalue weighted by Crippen LogP contribution is 2.19. The quantitative estimate of drug-likeness (QED) is 0.569. The standard InChI is InChI=1S/C20H15NOS/c22-20(16-8-3-1-4-9-16)19-14-13-18(23-19)12-7-15-21-17-10-5-2-6-11-17/h1-6,8-11,13-14,21H,15H2. The number of hydrogen-bond acceptors (Lipinski definition) is 3. The third-order valence-electron chi connectivity index (χ3n) is 3.23. The zero-order valence-electron chi connectivity index (χ0n) is 12.5. The molecule has 1 heterocycles. The summed E-state index contributed by atoms with van der Waals surface area (Å²) in [6.07, 6.45) is 0. The molecule has 0 amide bonds. The van der Waals surface area contributed by atoms with E-state index in [1.54, 1.807) is 0 Å². The number of anilines is 1. The number of carbonyl (C=O) groups excluding carboxylic acids is 1. The topological polar surface area (TPSA) is 29.1 Å². The van der Waals surface area contributed by atoms with Gasteiger partial charge in [-0.25, -0.2) is 0 Å². The maximum absolute atomic E-state index is 12.3. The molecule has 23 heavy (non-hydrogen) atoms. The number of ketones is 1. The van der Waals surface area contributed by atoms with Crippen molar-refractivity contribution in [3.8, 4) is 11.8 Å². The van der Waals surface area contributed by atoms with E-state index < -0.39 is 0 Å². The molecule has 0 fully saturated rings. The van der Waals surface area contributed by atoms with Crippen LogP contribution in [0.15, 0.2) is 72.8 Å². The van der Waals surface area contributed by atoms with Crippen molar-refractivity contribution in [2.45, 2.75) is 0 Å². The average Bonchev–Trinajstić information content (AvgIpc) is 3.09. The van der Waals surface area contributed by atoms with Crippen LogP contribution in [0.5, 0.6) is 0 Å². The number of nitrogens with one attached hydrogen (secondary N) is 1. The molecular formula is C20H15NOS. The molecule has 0 radical (unpaired) electrons. The molecule has 0 aliphatic rings. The first-order valence-corrected chi connectivity index (χ1v) is 8.12. The summed E-state index contributed by atoms with van der Waals surface area (Å²) >= 11 is 1.43. The number of rotatable bonds is 4. The van der Waals surface area contributed by atoms with E-state index in [4.69, 9.17) is 0 Å². The Kier molecular flexibility index (Phi) is 4.88. The number of hydrogen-bond donors (Lipinski definition) is 1. The van der Waals surface area contributed by atoms with Gasteiger partial charge in [0.1, 0.15) is 0 Å². The Bertz CT molecular complexity index is 841. The number of benzene rings is 2. The van der Waals surface area contributed by atoms with E-state index in [9.17, 15) is 4.79 Å². The fourth-order valence-electron chi connectivity index (χ4n) is 2.09. The van der Waals surface area contributed by atoms with Crippen molar-refractivity contribution >= 4 is 22.8 Å². The van der Waals surface area contributed by atoms with Crippen molar-refractivity contribution in [2.24, 2.45) is 0 Å². The minimum absolute atomic E-state index is 0.0473. The van der Waals surface area contributed by atoms with Gasteiger partial charge >= 0.3 is 0 Å². The van der Waals surface area contributed by atoms with Crippen LogP contribution in [-0.2, 0) is 0 Å². The highest BCUT2D eigenvalue weighted by Gasteiger charge is 2.10. The third kappa shape index (κ3) is 4.09. The fraction of sp³-hybridized carbons (Fsp3) is 0.0500. The van der Waals surface area contributed by atoms with E-state index >= 15 is 0 Å². The van der Waals surface area contributed by atoms with E-state index in [2.05, 4.69) is 17.2 Å². The molecule has 0 saturated carbocycles. The van der Waals surface area contributed by atoms with Crippen LogP contribution < -0.4 is 5.32 Å². The summed E-state index contributed by atoms with van der Waals surface area (Å²) in [6.45, 7) is 0.573. The van der Waals surface area contributed by atoms with E-state index in [0.29, 0.717) is 12.1 Å². The summed E-state index contributed by atoms with van der Waals surface area (Å²) in [5.41, 5.74) is 1.76. The summed E-state index contributed by atoms with van der Waals surface area (Å²) in [6, 6.07) is 23.0. The van der Waals surface area contributed by atoms with E-state index in [1.807, 2.05) is 72.8 Å². The molecule has 3 heteroatoms. The SMILES string of the molecule is O=C(c1ccccc1)c1ccc(C#CCNc2ccccc2)s1. The second-order valence-corrected chi connectivity index (χ2v) is 5.96. The lowest BCUT2D eigenvalue weighted by Gasteiger charge is -1.99. The Morgan fingerprint density at radius 3 is 2.35 bits per heavy atom. The van der Waals surface area contributed by atoms with E-state index in [0.717, 1.165) is 15.4 Å². The lowest BCUT2D eigenvalue weighted by molar-refractivity contribution is 0.104. The molecular weight excluding hydrogens is 302 g/mol. The maximum Gasteiger partial charge on any atom is 0.202 e. The van der Waals surface area contributed by atoms with E-state index in [1.165, 1.54) is 11.3 Å². The lowest BCUT2D eigenvalue weighted by atomic mass is 10.1. The molecule has 0 aliphatic heterocycles. The zero-order chi connectivity index (χ0) is 15.9. The Labute approximate surface area is 139 Å². The number of carbonyl (C=O) groups is 1. The highest BCUT2D eigenvalue weighted by atomic mass is 32.1. The molecule has 1 aromatic heterocycles. The normalized spacial score (nSPS) is 9.74. The van der Waals surface area contributed by atoms with Gasteiger partial charge in [-0.05, 0) is 24.3 Å². The van der Waals surface area contributed by atoms with Gasteiger partial charge in [0.15, 0.2) is 0 Å². The molecule has 112 valence electrons. The first-order chi connectivity index (χ1) is 11.3. The predicted octanol–water partition coefficient (Wildman–Crippen LogP) is 4.44. The van der Waals surface area contributed by atoms with Crippen LogP contribution in [0.25, 0.3) is 0 Å². The minimum Gasteiger partial charge on any atom is -0.374 e. The van der Waals surface area contributed by atoms with Crippen molar-refractivity contribution in [1.82, 2.24) is 0 Å². The van der Waals surface area contributed by atoms with Gasteiger partial charge in [-0.3, -0.25) is 4.79 Å². The van der Waals surface area contributed by atoms with E-state index in [-0.39, 0.29) is 5.78 Å². The molecule has 0 atom stereocenters. The van der Waals surface area contributed by atoms with Gasteiger partial charge in [0, 0.05) is 11.3 Å². The average molecular weight is 317 g/mol. The second-order valence-electron chi connectivity index (χ2n) is 4.88. The molecule has 2 nitrogen and oxygen atoms in total. The Morgan fingerprint density at radius 1 is 0.913 bits per heavy atom. The zero-order valence-corrected chi connectivity index (χ0v) is 13.3. The number of para-hydroxylation sites is 1. The minimum atomic E-state index is 0.0473. The van der Waals surface area contributed by atoms with Crippen molar-refractivity contribution in [2.75, 3.05) is 11.9 Å². The lowest BCUT2D eigenvalue weighted by Crippen LogP contribution is -1.97. The molecule has 3 aromatic rings. The van der Waals surface area contributed by atoms with Crippen LogP contribution >= 0.6 is 11.3 Å². The first kappa shape index (κ1) is 15.1. The van der Waals surface area contributed by atoms with Gasteiger partial charge in [-0.2, -0.15) is 0 Å². The smallest absolute Gasteiger partial charge is 0.202 e. The van der Waals surface area contributed by atoms with Gasteiger partial charge in [0.05, 0.1) is 16.3 Å². The van der Waals surface area contributed by atoms with Crippen molar-refractivity contribution in [1.29, 1.82) is 0 Å². The van der Waals surface area contributed by atoms with Crippen molar-refractivity contribution < 1.29 is 4.79 Å². The molecule has 2 aromatic carbocycles. The van der Waals surface area contributed by atoms with Gasteiger partial charge in [-0.1, -0.05) is 60.4 Å². The van der Waals surface area contributed by atoms with Gasteiger partial charge < -0.3 is 5.32 Å². The van der Waals surface area contributed by atoms with Crippen molar-refractivity contribution in [3.05, 3.63) is 88.1 Å². The van der Waals surface area contributed by atoms with Crippen LogP contribution in [0.3, 0.4) is 0 Å². The summed E-state index contributed by atoms with van der Waals surface area (Å²) in [4.78, 5) is 13.9. The summed E-state index contributed by atoms with van der Waals surface area (Å²) in [5.74, 6) is 6.22. The largest absolute Gasteiger partial charge is 0.374 e. The maximum atomic E-state index is 12.3. The highest BCUT2D eigenvalue weighted by molar-refractivity contribution is 7.14. The van der Waals surface area contributed by atoms with Crippen LogP contribution in [0.2, 0.25) is 0 Å². The molecule has 0 bridgehead atoms. The molecule has 0 aliphatic carbocycles. The second kappa shape index (κ2) is 7.44. The van der Waals surface area contributed by atoms with Crippen molar-refractivity contribution in [3.63, 3.8) is 0 Å². The Hall–Kier alpha value is -2.83. The number of thiophene rings is 1. The van der Waals surface area contributed by atoms with Crippen LogP contribution in [0.4, 0.5) is 5.69 Å².